The quantitative estimate of drug-likeness (QED) is 0.894. The van der Waals surface area contributed by atoms with Crippen molar-refractivity contribution in [1.82, 2.24) is 10.3 Å². The van der Waals surface area contributed by atoms with E-state index in [0.717, 1.165) is 34.4 Å². The lowest BCUT2D eigenvalue weighted by molar-refractivity contribution is 0.433. The molecular formula is C12H17Br2N3. The lowest BCUT2D eigenvalue weighted by atomic mass is 10.1. The maximum Gasteiger partial charge on any atom is 0.143 e. The maximum atomic E-state index is 4.53. The van der Waals surface area contributed by atoms with E-state index in [1.165, 1.54) is 12.8 Å². The number of rotatable bonds is 3. The smallest absolute Gasteiger partial charge is 0.143 e. The molecule has 0 spiro atoms. The molecule has 1 aliphatic rings. The number of halogens is 2. The number of likely N-dealkylation sites (N-methyl/N-ethyl adjacent to an activating group) is 1. The van der Waals surface area contributed by atoms with Crippen LogP contribution in [0.25, 0.3) is 0 Å². The van der Waals surface area contributed by atoms with Crippen molar-refractivity contribution in [2.75, 3.05) is 24.5 Å². The molecule has 1 aliphatic heterocycles. The predicted octanol–water partition coefficient (Wildman–Crippen LogP) is 3.18. The summed E-state index contributed by atoms with van der Waals surface area (Å²) in [6, 6.07) is 2.61. The normalized spacial score (nSPS) is 20.3. The molecule has 94 valence electrons. The fraction of sp³-hybridized carbons (Fsp3) is 0.583. The van der Waals surface area contributed by atoms with Crippen LogP contribution in [0.2, 0.25) is 0 Å². The van der Waals surface area contributed by atoms with Gasteiger partial charge in [-0.2, -0.15) is 0 Å². The van der Waals surface area contributed by atoms with Crippen LogP contribution >= 0.6 is 31.9 Å². The van der Waals surface area contributed by atoms with E-state index in [1.807, 2.05) is 6.20 Å². The van der Waals surface area contributed by atoms with Crippen LogP contribution in [-0.4, -0.2) is 30.7 Å². The third-order valence-corrected chi connectivity index (χ3v) is 4.13. The van der Waals surface area contributed by atoms with Gasteiger partial charge in [0.2, 0.25) is 0 Å². The molecule has 1 atom stereocenters. The Hall–Kier alpha value is -0.130. The van der Waals surface area contributed by atoms with Crippen LogP contribution in [0.15, 0.2) is 21.2 Å². The van der Waals surface area contributed by atoms with Gasteiger partial charge in [0.05, 0.1) is 4.47 Å². The largest absolute Gasteiger partial charge is 0.352 e. The SMILES string of the molecule is CCN(c1ncc(Br)cc1Br)C1CCCNC1. The molecule has 1 unspecified atom stereocenters. The van der Waals surface area contributed by atoms with E-state index in [4.69, 9.17) is 0 Å². The zero-order chi connectivity index (χ0) is 12.3. The Morgan fingerprint density at radius 3 is 2.94 bits per heavy atom. The molecule has 1 aromatic heterocycles. The fourth-order valence-corrected chi connectivity index (χ4v) is 3.51. The Morgan fingerprint density at radius 1 is 1.53 bits per heavy atom. The second-order valence-corrected chi connectivity index (χ2v) is 6.02. The van der Waals surface area contributed by atoms with E-state index in [9.17, 15) is 0 Å². The highest BCUT2D eigenvalue weighted by Crippen LogP contribution is 2.29. The van der Waals surface area contributed by atoms with Crippen LogP contribution < -0.4 is 10.2 Å². The Labute approximate surface area is 119 Å². The summed E-state index contributed by atoms with van der Waals surface area (Å²) in [4.78, 5) is 6.91. The number of hydrogen-bond donors (Lipinski definition) is 1. The Kier molecular flexibility index (Phi) is 4.82. The highest BCUT2D eigenvalue weighted by molar-refractivity contribution is 9.11. The predicted molar refractivity (Wildman–Crippen MR) is 78.5 cm³/mol. The number of anilines is 1. The molecule has 0 radical (unpaired) electrons. The van der Waals surface area contributed by atoms with Crippen molar-refractivity contribution < 1.29 is 0 Å². The molecule has 0 amide bonds. The maximum absolute atomic E-state index is 4.53. The van der Waals surface area contributed by atoms with Gasteiger partial charge in [-0.15, -0.1) is 0 Å². The number of nitrogens with zero attached hydrogens (tertiary/aromatic N) is 2. The van der Waals surface area contributed by atoms with Crippen molar-refractivity contribution in [3.8, 4) is 0 Å². The van der Waals surface area contributed by atoms with E-state index >= 15 is 0 Å². The van der Waals surface area contributed by atoms with Crippen molar-refractivity contribution in [3.05, 3.63) is 21.2 Å². The number of aromatic nitrogens is 1. The van der Waals surface area contributed by atoms with E-state index < -0.39 is 0 Å². The average Bonchev–Trinajstić information content (AvgIpc) is 2.34. The minimum absolute atomic E-state index is 0.554. The Morgan fingerprint density at radius 2 is 2.35 bits per heavy atom. The number of piperidine rings is 1. The van der Waals surface area contributed by atoms with Crippen LogP contribution in [0.4, 0.5) is 5.82 Å². The van der Waals surface area contributed by atoms with Crippen LogP contribution in [0.3, 0.4) is 0 Å². The zero-order valence-corrected chi connectivity index (χ0v) is 13.1. The zero-order valence-electron chi connectivity index (χ0n) is 9.92. The lowest BCUT2D eigenvalue weighted by Gasteiger charge is -2.35. The third kappa shape index (κ3) is 3.20. The molecule has 5 heteroatoms. The van der Waals surface area contributed by atoms with Gasteiger partial charge in [-0.25, -0.2) is 4.98 Å². The van der Waals surface area contributed by atoms with Gasteiger partial charge in [-0.05, 0) is 64.2 Å². The van der Waals surface area contributed by atoms with Gasteiger partial charge in [0.15, 0.2) is 0 Å². The molecule has 2 rings (SSSR count). The first-order valence-corrected chi connectivity index (χ1v) is 7.59. The fourth-order valence-electron chi connectivity index (χ4n) is 2.30. The summed E-state index contributed by atoms with van der Waals surface area (Å²) in [5.74, 6) is 1.05. The van der Waals surface area contributed by atoms with Crippen LogP contribution in [-0.2, 0) is 0 Å². The molecule has 1 N–H and O–H groups in total. The summed E-state index contributed by atoms with van der Waals surface area (Å²) >= 11 is 7.04. The Balaban J connectivity index is 2.21. The second-order valence-electron chi connectivity index (χ2n) is 4.25. The first kappa shape index (κ1) is 13.3. The standard InChI is InChI=1S/C12H17Br2N3/c1-2-17(10-4-3-5-15-8-10)12-11(14)6-9(13)7-16-12/h6-7,10,15H,2-5,8H2,1H3. The van der Waals surface area contributed by atoms with Gasteiger partial charge in [-0.3, -0.25) is 0 Å². The summed E-state index contributed by atoms with van der Waals surface area (Å²) in [6.45, 7) is 5.37. The van der Waals surface area contributed by atoms with Gasteiger partial charge in [0.25, 0.3) is 0 Å². The van der Waals surface area contributed by atoms with E-state index in [0.29, 0.717) is 6.04 Å². The topological polar surface area (TPSA) is 28.2 Å². The molecule has 0 bridgehead atoms. The van der Waals surface area contributed by atoms with Crippen LogP contribution in [0, 0.1) is 0 Å². The summed E-state index contributed by atoms with van der Waals surface area (Å²) < 4.78 is 2.06. The van der Waals surface area contributed by atoms with Gasteiger partial charge in [-0.1, -0.05) is 0 Å². The van der Waals surface area contributed by atoms with Crippen LogP contribution in [0.5, 0.6) is 0 Å². The first-order valence-electron chi connectivity index (χ1n) is 6.00. The highest BCUT2D eigenvalue weighted by Gasteiger charge is 2.22. The third-order valence-electron chi connectivity index (χ3n) is 3.11. The summed E-state index contributed by atoms with van der Waals surface area (Å²) in [7, 11) is 0. The molecule has 0 aromatic carbocycles. The van der Waals surface area contributed by atoms with E-state index in [2.05, 4.69) is 60.1 Å². The monoisotopic (exact) mass is 361 g/mol. The Bertz CT molecular complexity index is 378. The number of hydrogen-bond acceptors (Lipinski definition) is 3. The van der Waals surface area contributed by atoms with E-state index in [1.54, 1.807) is 0 Å². The summed E-state index contributed by atoms with van der Waals surface area (Å²) in [5.41, 5.74) is 0. The molecule has 0 saturated carbocycles. The molecule has 1 aromatic rings. The summed E-state index contributed by atoms with van der Waals surface area (Å²) in [5, 5.41) is 3.46. The van der Waals surface area contributed by atoms with Crippen LogP contribution in [0.1, 0.15) is 19.8 Å². The first-order chi connectivity index (χ1) is 8.22. The second kappa shape index (κ2) is 6.16. The van der Waals surface area contributed by atoms with Gasteiger partial charge < -0.3 is 10.2 Å². The molecular weight excluding hydrogens is 346 g/mol. The number of nitrogens with one attached hydrogen (secondary N) is 1. The van der Waals surface area contributed by atoms with Crippen molar-refractivity contribution in [2.24, 2.45) is 0 Å². The minimum Gasteiger partial charge on any atom is -0.352 e. The molecule has 1 saturated heterocycles. The number of pyridine rings is 1. The highest BCUT2D eigenvalue weighted by atomic mass is 79.9. The van der Waals surface area contributed by atoms with Crippen molar-refractivity contribution in [3.63, 3.8) is 0 Å². The molecule has 0 aliphatic carbocycles. The van der Waals surface area contributed by atoms with Crippen molar-refractivity contribution >= 4 is 37.7 Å². The molecule has 3 nitrogen and oxygen atoms in total. The van der Waals surface area contributed by atoms with Gasteiger partial charge in [0.1, 0.15) is 5.82 Å². The van der Waals surface area contributed by atoms with Gasteiger partial charge >= 0.3 is 0 Å². The van der Waals surface area contributed by atoms with Crippen molar-refractivity contribution in [2.45, 2.75) is 25.8 Å². The lowest BCUT2D eigenvalue weighted by Crippen LogP contribution is -2.46. The average molecular weight is 363 g/mol. The molecule has 2 heterocycles. The minimum atomic E-state index is 0.554. The molecule has 1 fully saturated rings. The molecule has 17 heavy (non-hydrogen) atoms. The van der Waals surface area contributed by atoms with Crippen molar-refractivity contribution in [1.29, 1.82) is 0 Å². The van der Waals surface area contributed by atoms with Gasteiger partial charge in [0, 0.05) is 29.8 Å². The summed E-state index contributed by atoms with van der Waals surface area (Å²) in [6.07, 6.45) is 4.35. The van der Waals surface area contributed by atoms with E-state index in [-0.39, 0.29) is 0 Å².